The van der Waals surface area contributed by atoms with Gasteiger partial charge in [0.1, 0.15) is 11.2 Å². The first-order valence-corrected chi connectivity index (χ1v) is 27.1. The normalized spacial score (nSPS) is 17.9. The fourth-order valence-corrected chi connectivity index (χ4v) is 13.7. The Labute approximate surface area is 438 Å². The largest absolute Gasteiger partial charge is 0.422 e. The summed E-state index contributed by atoms with van der Waals surface area (Å²) in [6, 6.07) is 49.4. The van der Waals surface area contributed by atoms with Crippen LogP contribution in [-0.4, -0.2) is 30.7 Å². The molecule has 0 N–H and O–H groups in total. The number of rotatable bonds is 5. The highest BCUT2D eigenvalue weighted by molar-refractivity contribution is 6.11. The van der Waals surface area contributed by atoms with E-state index in [1.54, 1.807) is 0 Å². The molecule has 10 aromatic rings. The quantitative estimate of drug-likeness (QED) is 0.160. The molecule has 7 heterocycles. The van der Waals surface area contributed by atoms with Gasteiger partial charge in [0.2, 0.25) is 0 Å². The third-order valence-electron chi connectivity index (χ3n) is 18.3. The highest BCUT2D eigenvalue weighted by atomic mass is 16.4. The van der Waals surface area contributed by atoms with Crippen LogP contribution in [0.3, 0.4) is 0 Å². The summed E-state index contributed by atoms with van der Waals surface area (Å²) >= 11 is 0. The van der Waals surface area contributed by atoms with E-state index in [0.717, 1.165) is 135 Å². The molecule has 3 aromatic heterocycles. The van der Waals surface area contributed by atoms with E-state index in [9.17, 15) is 9.59 Å². The summed E-state index contributed by atoms with van der Waals surface area (Å²) in [4.78, 5) is 33.5. The fraction of sp³-hybridized carbons (Fsp3) is 0.294. The van der Waals surface area contributed by atoms with Crippen molar-refractivity contribution >= 4 is 55.1 Å². The molecule has 0 radical (unpaired) electrons. The number of nitrogens with zero attached hydrogens (tertiary/aromatic N) is 3. The van der Waals surface area contributed by atoms with Crippen LogP contribution in [0.4, 0.5) is 11.4 Å². The van der Waals surface area contributed by atoms with Crippen LogP contribution in [0.1, 0.15) is 103 Å². The summed E-state index contributed by atoms with van der Waals surface area (Å²) in [5.41, 5.74) is 18.4. The molecule has 7 aromatic carbocycles. The average molecular weight is 986 g/mol. The SMILES string of the molecule is CC1(C)CCN2CCC(C)(C)c3c2c1cc1cc(-c2cccc(-c4ccc5c6ccc(-c7cccc(-c8cc9cc%10c%11c(c9oc8=O)C(C)(C)CCN%11CCC%10(C)C)c7)cc6n(-c6ccccc6)c5c4)c2)c(=O)oc31. The van der Waals surface area contributed by atoms with Crippen LogP contribution in [0.5, 0.6) is 0 Å². The van der Waals surface area contributed by atoms with E-state index >= 15 is 0 Å². The summed E-state index contributed by atoms with van der Waals surface area (Å²) in [5.74, 6) is 0. The van der Waals surface area contributed by atoms with E-state index in [0.29, 0.717) is 11.1 Å². The van der Waals surface area contributed by atoms with Crippen LogP contribution in [0.25, 0.3) is 93.9 Å². The molecule has 0 atom stereocenters. The first kappa shape index (κ1) is 45.9. The number of hydrogen-bond donors (Lipinski definition) is 0. The van der Waals surface area contributed by atoms with Crippen molar-refractivity contribution in [1.29, 1.82) is 0 Å². The van der Waals surface area contributed by atoms with E-state index in [1.807, 2.05) is 24.3 Å². The van der Waals surface area contributed by atoms with Gasteiger partial charge in [-0.3, -0.25) is 0 Å². The molecule has 4 aliphatic heterocycles. The first-order valence-electron chi connectivity index (χ1n) is 27.1. The molecule has 0 amide bonds. The van der Waals surface area contributed by atoms with Crippen molar-refractivity contribution in [2.45, 2.75) is 103 Å². The maximum atomic E-state index is 14.2. The van der Waals surface area contributed by atoms with Gasteiger partial charge in [-0.05, 0) is 153 Å². The zero-order chi connectivity index (χ0) is 51.5. The van der Waals surface area contributed by atoms with E-state index in [-0.39, 0.29) is 32.9 Å². The minimum absolute atomic E-state index is 0.0126. The Morgan fingerprint density at radius 2 is 0.800 bits per heavy atom. The lowest BCUT2D eigenvalue weighted by molar-refractivity contribution is 0.398. The smallest absolute Gasteiger partial charge is 0.344 e. The molecular formula is C68H63N3O4. The second kappa shape index (κ2) is 15.9. The Morgan fingerprint density at radius 3 is 1.24 bits per heavy atom. The maximum Gasteiger partial charge on any atom is 0.344 e. The predicted octanol–water partition coefficient (Wildman–Crippen LogP) is 16.0. The van der Waals surface area contributed by atoms with Gasteiger partial charge in [-0.2, -0.15) is 0 Å². The highest BCUT2D eigenvalue weighted by Gasteiger charge is 2.44. The summed E-state index contributed by atoms with van der Waals surface area (Å²) in [5, 5.41) is 4.26. The number of fused-ring (bicyclic) bond motifs is 7. The van der Waals surface area contributed by atoms with Gasteiger partial charge in [0, 0.05) is 75.9 Å². The Bertz CT molecular complexity index is 3950. The first-order chi connectivity index (χ1) is 35.9. The number of anilines is 2. The monoisotopic (exact) mass is 985 g/mol. The van der Waals surface area contributed by atoms with Crippen molar-refractivity contribution in [3.05, 3.63) is 183 Å². The average Bonchev–Trinajstić information content (AvgIpc) is 3.83. The van der Waals surface area contributed by atoms with Crippen LogP contribution in [0.15, 0.2) is 158 Å². The van der Waals surface area contributed by atoms with Crippen molar-refractivity contribution in [2.24, 2.45) is 0 Å². The third-order valence-corrected chi connectivity index (χ3v) is 18.3. The van der Waals surface area contributed by atoms with Gasteiger partial charge in [-0.15, -0.1) is 0 Å². The lowest BCUT2D eigenvalue weighted by atomic mass is 9.69. The molecular weight excluding hydrogens is 923 g/mol. The minimum Gasteiger partial charge on any atom is -0.422 e. The molecule has 0 fully saturated rings. The molecule has 374 valence electrons. The lowest BCUT2D eigenvalue weighted by Crippen LogP contribution is -2.44. The van der Waals surface area contributed by atoms with Crippen LogP contribution in [0, 0.1) is 0 Å². The Balaban J connectivity index is 0.864. The molecule has 0 bridgehead atoms. The molecule has 14 rings (SSSR count). The summed E-state index contributed by atoms with van der Waals surface area (Å²) < 4.78 is 15.3. The van der Waals surface area contributed by atoms with Crippen LogP contribution in [0.2, 0.25) is 0 Å². The molecule has 7 nitrogen and oxygen atoms in total. The van der Waals surface area contributed by atoms with E-state index in [2.05, 4.69) is 185 Å². The zero-order valence-electron chi connectivity index (χ0n) is 44.4. The van der Waals surface area contributed by atoms with Crippen LogP contribution < -0.4 is 21.1 Å². The standard InChI is InChI=1S/C68H63N3O4/c1-65(2)24-28-69-30-26-67(5,6)57-59(69)53(65)36-46-34-51(63(72)74-61(46)57)44-16-12-14-40(32-44)42-20-22-49-50-23-21-43(39-56(50)71(55(49)38-42)48-18-10-9-11-19-48)41-15-13-17-45(33-41)52-35-47-37-54-60-58(62(47)75-64(52)73)68(7,8)27-31-70(60)29-25-66(54,3)4/h9-23,32-39H,24-31H2,1-8H3. The molecule has 0 unspecified atom stereocenters. The molecule has 7 heteroatoms. The topological polar surface area (TPSA) is 71.8 Å². The molecule has 0 spiro atoms. The Hall–Kier alpha value is -7.64. The van der Waals surface area contributed by atoms with Gasteiger partial charge in [-0.1, -0.05) is 134 Å². The van der Waals surface area contributed by atoms with Crippen molar-refractivity contribution in [3.8, 4) is 50.2 Å². The second-order valence-corrected chi connectivity index (χ2v) is 24.8. The summed E-state index contributed by atoms with van der Waals surface area (Å²) in [6.45, 7) is 22.7. The van der Waals surface area contributed by atoms with E-state index in [1.165, 1.54) is 33.6 Å². The second-order valence-electron chi connectivity index (χ2n) is 24.8. The third kappa shape index (κ3) is 6.99. The molecule has 0 saturated carbocycles. The van der Waals surface area contributed by atoms with Crippen LogP contribution >= 0.6 is 0 Å². The van der Waals surface area contributed by atoms with Crippen molar-refractivity contribution in [2.75, 3.05) is 36.0 Å². The van der Waals surface area contributed by atoms with Crippen molar-refractivity contribution in [3.63, 3.8) is 0 Å². The number of hydrogen-bond acceptors (Lipinski definition) is 6. The van der Waals surface area contributed by atoms with Crippen molar-refractivity contribution in [1.82, 2.24) is 4.57 Å². The van der Waals surface area contributed by atoms with Gasteiger partial charge >= 0.3 is 11.3 Å². The fourth-order valence-electron chi connectivity index (χ4n) is 13.7. The van der Waals surface area contributed by atoms with E-state index in [4.69, 9.17) is 8.83 Å². The maximum absolute atomic E-state index is 14.2. The number of para-hydroxylation sites is 1. The lowest BCUT2D eigenvalue weighted by Gasteiger charge is -2.48. The Kier molecular flexibility index (Phi) is 9.76. The zero-order valence-corrected chi connectivity index (χ0v) is 44.4. The van der Waals surface area contributed by atoms with E-state index < -0.39 is 0 Å². The highest BCUT2D eigenvalue weighted by Crippen LogP contribution is 2.54. The number of aromatic nitrogens is 1. The molecule has 4 aliphatic rings. The Morgan fingerprint density at radius 1 is 0.400 bits per heavy atom. The van der Waals surface area contributed by atoms with Gasteiger partial charge in [0.05, 0.1) is 22.2 Å². The van der Waals surface area contributed by atoms with Crippen molar-refractivity contribution < 1.29 is 8.83 Å². The molecule has 0 aliphatic carbocycles. The van der Waals surface area contributed by atoms with Gasteiger partial charge in [0.25, 0.3) is 0 Å². The number of benzene rings is 7. The van der Waals surface area contributed by atoms with Gasteiger partial charge in [0.15, 0.2) is 0 Å². The van der Waals surface area contributed by atoms with Gasteiger partial charge in [-0.25, -0.2) is 9.59 Å². The molecule has 0 saturated heterocycles. The summed E-state index contributed by atoms with van der Waals surface area (Å²) in [6.07, 6.45) is 4.21. The van der Waals surface area contributed by atoms with Crippen LogP contribution in [-0.2, 0) is 21.7 Å². The predicted molar refractivity (Wildman–Crippen MR) is 310 cm³/mol. The summed E-state index contributed by atoms with van der Waals surface area (Å²) in [7, 11) is 0. The molecule has 75 heavy (non-hydrogen) atoms. The van der Waals surface area contributed by atoms with Gasteiger partial charge < -0.3 is 23.2 Å². The minimum atomic E-state index is -0.312.